The molecule has 1 aliphatic heterocycles. The number of hydrazine groups is 1. The van der Waals surface area contributed by atoms with Crippen molar-refractivity contribution in [3.63, 3.8) is 0 Å². The molecule has 2 aliphatic rings. The molecule has 1 aliphatic carbocycles. The molecule has 4 rings (SSSR count). The molecule has 6 nitrogen and oxygen atoms in total. The highest BCUT2D eigenvalue weighted by Gasteiger charge is 2.42. The third-order valence-corrected chi connectivity index (χ3v) is 6.58. The molecule has 0 saturated heterocycles. The lowest BCUT2D eigenvalue weighted by molar-refractivity contribution is -0.114. The number of pyridine rings is 1. The maximum Gasteiger partial charge on any atom is 0.223 e. The van der Waals surface area contributed by atoms with Crippen LogP contribution in [0.25, 0.3) is 5.70 Å². The minimum atomic E-state index is -0.0750. The Morgan fingerprint density at radius 3 is 2.76 bits per heavy atom. The van der Waals surface area contributed by atoms with Gasteiger partial charge < -0.3 is 10.3 Å². The average Bonchev–Trinajstić information content (AvgIpc) is 3.15. The second kappa shape index (κ2) is 7.88. The van der Waals surface area contributed by atoms with E-state index in [0.717, 1.165) is 37.2 Å². The van der Waals surface area contributed by atoms with Crippen molar-refractivity contribution in [1.82, 2.24) is 20.0 Å². The monoisotopic (exact) mass is 411 g/mol. The second-order valence-corrected chi connectivity index (χ2v) is 9.03. The van der Waals surface area contributed by atoms with Gasteiger partial charge in [0.2, 0.25) is 5.91 Å². The van der Waals surface area contributed by atoms with Gasteiger partial charge in [-0.2, -0.15) is 0 Å². The van der Waals surface area contributed by atoms with Crippen molar-refractivity contribution >= 4 is 28.1 Å². The van der Waals surface area contributed by atoms with Gasteiger partial charge in [0.15, 0.2) is 5.13 Å². The van der Waals surface area contributed by atoms with Crippen molar-refractivity contribution in [3.05, 3.63) is 45.7 Å². The zero-order valence-electron chi connectivity index (χ0n) is 17.8. The maximum atomic E-state index is 11.6. The van der Waals surface area contributed by atoms with Crippen LogP contribution >= 0.6 is 11.3 Å². The lowest BCUT2D eigenvalue weighted by atomic mass is 9.95. The summed E-state index contributed by atoms with van der Waals surface area (Å²) in [7, 11) is 0. The maximum absolute atomic E-state index is 11.6. The Balaban J connectivity index is 1.88. The third-order valence-electron chi connectivity index (χ3n) is 5.56. The molecule has 2 aromatic rings. The van der Waals surface area contributed by atoms with Gasteiger partial charge in [-0.25, -0.2) is 9.99 Å². The van der Waals surface area contributed by atoms with E-state index in [9.17, 15) is 4.79 Å². The van der Waals surface area contributed by atoms with Crippen LogP contribution in [0.1, 0.15) is 68.4 Å². The number of thiazole rings is 1. The van der Waals surface area contributed by atoms with Crippen LogP contribution in [0.15, 0.2) is 23.9 Å². The van der Waals surface area contributed by atoms with Crippen molar-refractivity contribution in [2.45, 2.75) is 66.0 Å². The molecular weight excluding hydrogens is 382 g/mol. The number of nitrogens with zero attached hydrogens (tertiary/aromatic N) is 4. The van der Waals surface area contributed by atoms with Crippen LogP contribution in [-0.4, -0.2) is 38.5 Å². The lowest BCUT2D eigenvalue weighted by Crippen LogP contribution is -2.42. The van der Waals surface area contributed by atoms with Crippen molar-refractivity contribution in [3.8, 4) is 0 Å². The summed E-state index contributed by atoms with van der Waals surface area (Å²) in [4.78, 5) is 22.1. The molecule has 1 N–H and O–H groups in total. The molecule has 0 bridgehead atoms. The molecule has 0 radical (unpaired) electrons. The molecule has 0 fully saturated rings. The fraction of sp³-hybridized carbons (Fsp3) is 0.500. The van der Waals surface area contributed by atoms with Gasteiger partial charge in [-0.3, -0.25) is 9.78 Å². The summed E-state index contributed by atoms with van der Waals surface area (Å²) < 4.78 is 0. The minimum Gasteiger partial charge on any atom is -0.302 e. The smallest absolute Gasteiger partial charge is 0.223 e. The number of aryl methyl sites for hydroxylation is 2. The molecule has 7 heteroatoms. The van der Waals surface area contributed by atoms with Crippen molar-refractivity contribution in [2.75, 3.05) is 11.9 Å². The van der Waals surface area contributed by atoms with E-state index in [0.29, 0.717) is 11.2 Å². The van der Waals surface area contributed by atoms with Gasteiger partial charge in [0.1, 0.15) is 0 Å². The van der Waals surface area contributed by atoms with Crippen LogP contribution in [0.2, 0.25) is 0 Å². The molecule has 3 heterocycles. The average molecular weight is 412 g/mol. The Labute approximate surface area is 176 Å². The van der Waals surface area contributed by atoms with E-state index >= 15 is 0 Å². The normalized spacial score (nSPS) is 19.4. The van der Waals surface area contributed by atoms with E-state index in [1.807, 2.05) is 13.1 Å². The summed E-state index contributed by atoms with van der Waals surface area (Å²) in [6, 6.07) is 4.83. The van der Waals surface area contributed by atoms with E-state index in [-0.39, 0.29) is 11.9 Å². The zero-order valence-corrected chi connectivity index (χ0v) is 18.6. The number of hydrogen-bond acceptors (Lipinski definition) is 6. The molecule has 1 amide bonds. The Kier molecular flexibility index (Phi) is 5.44. The minimum absolute atomic E-state index is 0.0750. The molecule has 154 valence electrons. The molecule has 0 saturated carbocycles. The van der Waals surface area contributed by atoms with Crippen LogP contribution in [0, 0.1) is 6.92 Å². The van der Waals surface area contributed by atoms with E-state index in [1.54, 1.807) is 11.3 Å². The first-order chi connectivity index (χ1) is 13.9. The largest absolute Gasteiger partial charge is 0.302 e. The topological polar surface area (TPSA) is 61.4 Å². The third kappa shape index (κ3) is 3.57. The van der Waals surface area contributed by atoms with Gasteiger partial charge in [-0.1, -0.05) is 24.3 Å². The van der Waals surface area contributed by atoms with Gasteiger partial charge in [0.05, 0.1) is 22.3 Å². The van der Waals surface area contributed by atoms with Gasteiger partial charge in [-0.05, 0) is 57.2 Å². The molecule has 0 aromatic carbocycles. The van der Waals surface area contributed by atoms with Crippen LogP contribution in [0.3, 0.4) is 0 Å². The Morgan fingerprint density at radius 1 is 1.34 bits per heavy atom. The highest BCUT2D eigenvalue weighted by atomic mass is 32.1. The number of aromatic nitrogens is 2. The Morgan fingerprint density at radius 2 is 2.14 bits per heavy atom. The summed E-state index contributed by atoms with van der Waals surface area (Å²) >= 11 is 1.60. The number of carbonyl (C=O) groups excluding carboxylic acids is 1. The molecule has 0 spiro atoms. The molecular formula is C22H29N5OS. The van der Waals surface area contributed by atoms with Crippen molar-refractivity contribution in [2.24, 2.45) is 0 Å². The highest BCUT2D eigenvalue weighted by molar-refractivity contribution is 7.17. The predicted octanol–water partition coefficient (Wildman–Crippen LogP) is 4.55. The Bertz CT molecular complexity index is 947. The summed E-state index contributed by atoms with van der Waals surface area (Å²) in [5, 5.41) is 8.49. The highest BCUT2D eigenvalue weighted by Crippen LogP contribution is 2.50. The molecule has 1 unspecified atom stereocenters. The zero-order chi connectivity index (χ0) is 20.7. The van der Waals surface area contributed by atoms with Crippen molar-refractivity contribution in [1.29, 1.82) is 0 Å². The van der Waals surface area contributed by atoms with E-state index in [2.05, 4.69) is 53.2 Å². The number of carbonyl (C=O) groups is 1. The number of nitrogens with one attached hydrogen (secondary N) is 1. The summed E-state index contributed by atoms with van der Waals surface area (Å²) in [5.41, 5.74) is 6.11. The Hall–Kier alpha value is -2.25. The van der Waals surface area contributed by atoms with Crippen molar-refractivity contribution < 1.29 is 4.79 Å². The summed E-state index contributed by atoms with van der Waals surface area (Å²) in [6.07, 6.45) is 5.08. The summed E-state index contributed by atoms with van der Waals surface area (Å²) in [5.74, 6) is -0.0750. The summed E-state index contributed by atoms with van der Waals surface area (Å²) in [6.45, 7) is 11.2. The first-order valence-corrected chi connectivity index (χ1v) is 11.2. The molecule has 1 atom stereocenters. The van der Waals surface area contributed by atoms with E-state index in [1.165, 1.54) is 28.6 Å². The van der Waals surface area contributed by atoms with E-state index < -0.39 is 0 Å². The van der Waals surface area contributed by atoms with E-state index in [4.69, 9.17) is 4.98 Å². The fourth-order valence-electron chi connectivity index (χ4n) is 4.47. The quantitative estimate of drug-likeness (QED) is 0.799. The van der Waals surface area contributed by atoms with Crippen LogP contribution in [0.5, 0.6) is 0 Å². The van der Waals surface area contributed by atoms with Crippen LogP contribution < -0.4 is 5.32 Å². The lowest BCUT2D eigenvalue weighted by Gasteiger charge is -2.38. The number of likely N-dealkylation sites (N-methyl/N-ethyl adjacent to an activating group) is 1. The van der Waals surface area contributed by atoms with Gasteiger partial charge in [-0.15, -0.1) is 0 Å². The number of hydrogen-bond donors (Lipinski definition) is 1. The van der Waals surface area contributed by atoms with Gasteiger partial charge in [0, 0.05) is 31.4 Å². The second-order valence-electron chi connectivity index (χ2n) is 8.03. The SMILES string of the molecule is CCN1C(c2ccc(C)nc2)C2=C(c3sc(NC(C)=O)nc3CCC2)N1C(C)C. The fourth-order valence-corrected chi connectivity index (χ4v) is 5.61. The van der Waals surface area contributed by atoms with Gasteiger partial charge >= 0.3 is 0 Å². The number of rotatable bonds is 4. The molecule has 29 heavy (non-hydrogen) atoms. The first-order valence-electron chi connectivity index (χ1n) is 10.4. The van der Waals surface area contributed by atoms with Crippen LogP contribution in [-0.2, 0) is 11.2 Å². The predicted molar refractivity (Wildman–Crippen MR) is 117 cm³/mol. The van der Waals surface area contributed by atoms with Gasteiger partial charge in [0.25, 0.3) is 0 Å². The first kappa shape index (κ1) is 20.0. The standard InChI is InChI=1S/C22H29N5OS/c1-6-26-19(16-11-10-14(4)23-12-16)17-8-7-9-18-21(20(17)27(26)13(2)3)29-22(25-18)24-15(5)28/h10-13,19H,6-9H2,1-5H3,(H,24,25,28). The number of fused-ring (bicyclic) bond motifs is 2. The number of amides is 1. The molecule has 2 aromatic heterocycles. The number of anilines is 1. The van der Waals surface area contributed by atoms with Crippen LogP contribution in [0.4, 0.5) is 5.13 Å².